The number of hydrogen-bond donors (Lipinski definition) is 0. The maximum Gasteiger partial charge on any atom is 0.232 e. The number of nitrogens with zero attached hydrogens (tertiary/aromatic N) is 4. The predicted molar refractivity (Wildman–Crippen MR) is 119 cm³/mol. The summed E-state index contributed by atoms with van der Waals surface area (Å²) in [7, 11) is 2.09. The van der Waals surface area contributed by atoms with E-state index in [0.29, 0.717) is 30.4 Å². The highest BCUT2D eigenvalue weighted by molar-refractivity contribution is 5.79. The maximum atomic E-state index is 13.5. The molecule has 1 saturated heterocycles. The summed E-state index contributed by atoms with van der Waals surface area (Å²) in [6.45, 7) is 7.85. The molecule has 4 rings (SSSR count). The molecule has 0 spiro atoms. The van der Waals surface area contributed by atoms with Gasteiger partial charge in [0.1, 0.15) is 17.3 Å². The number of halogens is 1. The number of carbonyl (C=O) groups is 1. The molecule has 1 aliphatic heterocycles. The Morgan fingerprint density at radius 2 is 1.84 bits per heavy atom. The Hall–Kier alpha value is -3.13. The van der Waals surface area contributed by atoms with Crippen LogP contribution < -0.4 is 4.90 Å². The molecular formula is C24H29FN4O3. The third-order valence-electron chi connectivity index (χ3n) is 5.76. The van der Waals surface area contributed by atoms with E-state index < -0.39 is 0 Å². The van der Waals surface area contributed by atoms with Gasteiger partial charge in [0, 0.05) is 37.7 Å². The topological polar surface area (TPSA) is 66.0 Å². The van der Waals surface area contributed by atoms with E-state index in [1.807, 2.05) is 26.0 Å². The zero-order valence-corrected chi connectivity index (χ0v) is 18.8. The summed E-state index contributed by atoms with van der Waals surface area (Å²) < 4.78 is 24.9. The highest BCUT2D eigenvalue weighted by atomic mass is 19.1. The third kappa shape index (κ3) is 4.85. The Kier molecular flexibility index (Phi) is 6.60. The number of rotatable bonds is 7. The molecule has 1 amide bonds. The molecule has 8 heteroatoms. The summed E-state index contributed by atoms with van der Waals surface area (Å²) in [5.41, 5.74) is 2.20. The minimum absolute atomic E-state index is 0.0111. The number of likely N-dealkylation sites (N-methyl/N-ethyl adjacent to an activating group) is 1. The summed E-state index contributed by atoms with van der Waals surface area (Å²) in [5.74, 6) is 0.897. The second-order valence-corrected chi connectivity index (χ2v) is 8.54. The molecule has 1 aliphatic rings. The molecule has 0 unspecified atom stereocenters. The van der Waals surface area contributed by atoms with Gasteiger partial charge in [0.2, 0.25) is 11.8 Å². The summed E-state index contributed by atoms with van der Waals surface area (Å²) in [4.78, 5) is 19.3. The highest BCUT2D eigenvalue weighted by Crippen LogP contribution is 2.34. The minimum atomic E-state index is -0.312. The van der Waals surface area contributed by atoms with Crippen molar-refractivity contribution in [3.8, 4) is 11.3 Å². The molecule has 0 atom stereocenters. The van der Waals surface area contributed by atoms with Crippen molar-refractivity contribution >= 4 is 11.8 Å². The molecule has 0 aliphatic carbocycles. The largest absolute Gasteiger partial charge is 0.467 e. The Balaban J connectivity index is 1.71. The maximum absolute atomic E-state index is 13.5. The second-order valence-electron chi connectivity index (χ2n) is 8.54. The van der Waals surface area contributed by atoms with Gasteiger partial charge in [-0.15, -0.1) is 0 Å². The lowest BCUT2D eigenvalue weighted by molar-refractivity contribution is -0.136. The fourth-order valence-corrected chi connectivity index (χ4v) is 3.89. The van der Waals surface area contributed by atoms with Gasteiger partial charge in [-0.1, -0.05) is 19.0 Å². The molecule has 1 fully saturated rings. The molecule has 0 bridgehead atoms. The normalized spacial score (nSPS) is 14.8. The molecule has 2 aromatic heterocycles. The van der Waals surface area contributed by atoms with Gasteiger partial charge in [-0.05, 0) is 43.4 Å². The van der Waals surface area contributed by atoms with E-state index >= 15 is 0 Å². The van der Waals surface area contributed by atoms with Gasteiger partial charge >= 0.3 is 0 Å². The SMILES string of the molecule is CC(C)C(=O)N(Cc1ccco1)Cc1c(-c2ccc(F)cc2)noc1N1CCN(C)CC1. The number of piperazine rings is 1. The monoisotopic (exact) mass is 440 g/mol. The van der Waals surface area contributed by atoms with E-state index in [1.165, 1.54) is 12.1 Å². The summed E-state index contributed by atoms with van der Waals surface area (Å²) in [6, 6.07) is 9.85. The lowest BCUT2D eigenvalue weighted by atomic mass is 10.1. The van der Waals surface area contributed by atoms with Crippen LogP contribution in [0.3, 0.4) is 0 Å². The van der Waals surface area contributed by atoms with E-state index in [9.17, 15) is 9.18 Å². The van der Waals surface area contributed by atoms with Crippen molar-refractivity contribution in [2.24, 2.45) is 5.92 Å². The van der Waals surface area contributed by atoms with Crippen LogP contribution in [0.5, 0.6) is 0 Å². The number of aromatic nitrogens is 1. The van der Waals surface area contributed by atoms with Gasteiger partial charge in [-0.3, -0.25) is 4.79 Å². The first-order valence-corrected chi connectivity index (χ1v) is 10.9. The van der Waals surface area contributed by atoms with Crippen molar-refractivity contribution in [2.75, 3.05) is 38.1 Å². The second kappa shape index (κ2) is 9.56. The number of carbonyl (C=O) groups excluding carboxylic acids is 1. The first kappa shape index (κ1) is 22.1. The molecule has 0 saturated carbocycles. The molecule has 3 heterocycles. The van der Waals surface area contributed by atoms with Crippen LogP contribution in [0, 0.1) is 11.7 Å². The van der Waals surface area contributed by atoms with Crippen molar-refractivity contribution in [2.45, 2.75) is 26.9 Å². The van der Waals surface area contributed by atoms with Crippen LogP contribution in [-0.4, -0.2) is 54.1 Å². The Morgan fingerprint density at radius 3 is 2.47 bits per heavy atom. The minimum Gasteiger partial charge on any atom is -0.467 e. The molecule has 0 N–H and O–H groups in total. The van der Waals surface area contributed by atoms with E-state index in [0.717, 1.165) is 37.3 Å². The van der Waals surface area contributed by atoms with Gasteiger partial charge in [0.15, 0.2) is 0 Å². The van der Waals surface area contributed by atoms with Gasteiger partial charge in [0.25, 0.3) is 0 Å². The molecule has 1 aromatic carbocycles. The van der Waals surface area contributed by atoms with E-state index in [1.54, 1.807) is 23.3 Å². The van der Waals surface area contributed by atoms with Gasteiger partial charge in [0.05, 0.1) is 24.9 Å². The predicted octanol–water partition coefficient (Wildman–Crippen LogP) is 4.01. The average molecular weight is 441 g/mol. The van der Waals surface area contributed by atoms with Gasteiger partial charge in [-0.25, -0.2) is 4.39 Å². The van der Waals surface area contributed by atoms with Crippen LogP contribution >= 0.6 is 0 Å². The molecule has 3 aromatic rings. The number of benzene rings is 1. The average Bonchev–Trinajstić information content (AvgIpc) is 3.44. The van der Waals surface area contributed by atoms with Gasteiger partial charge < -0.3 is 23.6 Å². The van der Waals surface area contributed by atoms with Crippen LogP contribution in [0.4, 0.5) is 10.3 Å². The third-order valence-corrected chi connectivity index (χ3v) is 5.76. The van der Waals surface area contributed by atoms with E-state index in [4.69, 9.17) is 8.94 Å². The van der Waals surface area contributed by atoms with Crippen molar-refractivity contribution in [1.82, 2.24) is 15.0 Å². The summed E-state index contributed by atoms with van der Waals surface area (Å²) in [6.07, 6.45) is 1.60. The Labute approximate surface area is 187 Å². The van der Waals surface area contributed by atoms with E-state index in [2.05, 4.69) is 22.0 Å². The molecular weight excluding hydrogens is 411 g/mol. The van der Waals surface area contributed by atoms with Crippen LogP contribution in [0.1, 0.15) is 25.2 Å². The standard InChI is InChI=1S/C24H29FN4O3/c1-17(2)23(30)29(15-20-5-4-14-31-20)16-21-22(18-6-8-19(25)9-7-18)26-32-24(21)28-12-10-27(3)11-13-28/h4-9,14,17H,10-13,15-16H2,1-3H3. The fourth-order valence-electron chi connectivity index (χ4n) is 3.89. The fraction of sp³-hybridized carbons (Fsp3) is 0.417. The zero-order chi connectivity index (χ0) is 22.7. The van der Waals surface area contributed by atoms with Crippen molar-refractivity contribution in [3.63, 3.8) is 0 Å². The van der Waals surface area contributed by atoms with Crippen molar-refractivity contribution in [3.05, 3.63) is 59.8 Å². The quantitative estimate of drug-likeness (QED) is 0.553. The number of anilines is 1. The van der Waals surface area contributed by atoms with Crippen LogP contribution in [-0.2, 0) is 17.9 Å². The number of amides is 1. The lowest BCUT2D eigenvalue weighted by Gasteiger charge is -2.33. The first-order chi connectivity index (χ1) is 15.4. The number of furan rings is 1. The van der Waals surface area contributed by atoms with Crippen LogP contribution in [0.2, 0.25) is 0 Å². The smallest absolute Gasteiger partial charge is 0.232 e. The lowest BCUT2D eigenvalue weighted by Crippen LogP contribution is -2.45. The molecule has 0 radical (unpaired) electrons. The van der Waals surface area contributed by atoms with Crippen LogP contribution in [0.15, 0.2) is 51.6 Å². The molecule has 7 nitrogen and oxygen atoms in total. The van der Waals surface area contributed by atoms with Crippen molar-refractivity contribution < 1.29 is 18.1 Å². The van der Waals surface area contributed by atoms with E-state index in [-0.39, 0.29) is 17.6 Å². The highest BCUT2D eigenvalue weighted by Gasteiger charge is 2.29. The first-order valence-electron chi connectivity index (χ1n) is 10.9. The summed E-state index contributed by atoms with van der Waals surface area (Å²) >= 11 is 0. The summed E-state index contributed by atoms with van der Waals surface area (Å²) in [5, 5.41) is 4.35. The van der Waals surface area contributed by atoms with Crippen molar-refractivity contribution in [1.29, 1.82) is 0 Å². The number of hydrogen-bond acceptors (Lipinski definition) is 6. The molecule has 170 valence electrons. The Morgan fingerprint density at radius 1 is 1.12 bits per heavy atom. The molecule has 32 heavy (non-hydrogen) atoms. The zero-order valence-electron chi connectivity index (χ0n) is 18.8. The van der Waals surface area contributed by atoms with Gasteiger partial charge in [-0.2, -0.15) is 0 Å². The van der Waals surface area contributed by atoms with Crippen LogP contribution in [0.25, 0.3) is 11.3 Å². The Bertz CT molecular complexity index is 1020.